The number of rotatable bonds is 7. The average Bonchev–Trinajstić information content (AvgIpc) is 2.66. The third-order valence-corrected chi connectivity index (χ3v) is 3.78. The summed E-state index contributed by atoms with van der Waals surface area (Å²) >= 11 is 0. The number of nitrogens with zero attached hydrogens (tertiary/aromatic N) is 1. The quantitative estimate of drug-likeness (QED) is 0.511. The molecule has 1 fully saturated rings. The Bertz CT molecular complexity index is 734. The molecule has 0 bridgehead atoms. The summed E-state index contributed by atoms with van der Waals surface area (Å²) in [6, 6.07) is 1.52. The molecule has 0 saturated carbocycles. The number of nitrogens with one attached hydrogen (secondary N) is 3. The van der Waals surface area contributed by atoms with Crippen molar-refractivity contribution in [1.29, 1.82) is 0 Å². The number of halogens is 3. The Morgan fingerprint density at radius 1 is 1.32 bits per heavy atom. The van der Waals surface area contributed by atoms with Gasteiger partial charge in [-0.1, -0.05) is 0 Å². The summed E-state index contributed by atoms with van der Waals surface area (Å²) in [6.45, 7) is -0.727. The van der Waals surface area contributed by atoms with Crippen LogP contribution in [0.4, 0.5) is 29.3 Å². The monoisotopic (exact) mass is 403 g/mol. The van der Waals surface area contributed by atoms with E-state index in [1.165, 1.54) is 17.0 Å². The summed E-state index contributed by atoms with van der Waals surface area (Å²) < 4.78 is 43.5. The lowest BCUT2D eigenvalue weighted by Gasteiger charge is -2.27. The molecular weight excluding hydrogens is 383 g/mol. The van der Waals surface area contributed by atoms with Gasteiger partial charge in [0, 0.05) is 18.8 Å². The zero-order valence-electron chi connectivity index (χ0n) is 14.7. The third-order valence-electron chi connectivity index (χ3n) is 3.78. The topological polar surface area (TPSA) is 126 Å². The van der Waals surface area contributed by atoms with Crippen molar-refractivity contribution in [2.24, 2.45) is 5.73 Å². The maximum atomic E-state index is 14.3. The molecule has 5 N–H and O–H groups in total. The highest BCUT2D eigenvalue weighted by molar-refractivity contribution is 5.98. The minimum atomic E-state index is -2.75. The summed E-state index contributed by atoms with van der Waals surface area (Å²) in [5.74, 6) is -1.95. The van der Waals surface area contributed by atoms with Gasteiger partial charge in [-0.2, -0.15) is 0 Å². The molecule has 0 aromatic heterocycles. The molecule has 1 aliphatic heterocycles. The van der Waals surface area contributed by atoms with Crippen LogP contribution in [0.3, 0.4) is 0 Å². The molecule has 9 nitrogen and oxygen atoms in total. The molecule has 1 atom stereocenters. The van der Waals surface area contributed by atoms with E-state index >= 15 is 0 Å². The Morgan fingerprint density at radius 3 is 2.68 bits per heavy atom. The second-order valence-corrected chi connectivity index (χ2v) is 5.79. The molecule has 0 unspecified atom stereocenters. The van der Waals surface area contributed by atoms with Crippen LogP contribution in [0.25, 0.3) is 0 Å². The number of alkyl halides is 2. The fourth-order valence-electron chi connectivity index (χ4n) is 2.39. The number of hydrogen-bond donors (Lipinski definition) is 4. The summed E-state index contributed by atoms with van der Waals surface area (Å²) in [7, 11) is 0. The lowest BCUT2D eigenvalue weighted by molar-refractivity contribution is -0.125. The van der Waals surface area contributed by atoms with E-state index < -0.39 is 36.8 Å². The minimum Gasteiger partial charge on any atom is -0.370 e. The van der Waals surface area contributed by atoms with Crippen molar-refractivity contribution in [3.8, 4) is 0 Å². The third kappa shape index (κ3) is 5.82. The lowest BCUT2D eigenvalue weighted by Crippen LogP contribution is -2.52. The number of amides is 4. The van der Waals surface area contributed by atoms with Crippen LogP contribution in [0.2, 0.25) is 0 Å². The van der Waals surface area contributed by atoms with Gasteiger partial charge in [-0.3, -0.25) is 9.59 Å². The highest BCUT2D eigenvalue weighted by Crippen LogP contribution is 2.23. The normalized spacial score (nSPS) is 15.3. The summed E-state index contributed by atoms with van der Waals surface area (Å²) in [5, 5.41) is 6.25. The molecule has 154 valence electrons. The number of morpholine rings is 1. The molecule has 0 aliphatic carbocycles. The van der Waals surface area contributed by atoms with Crippen molar-refractivity contribution >= 4 is 29.2 Å². The first kappa shape index (κ1) is 21.4. The van der Waals surface area contributed by atoms with Crippen molar-refractivity contribution in [1.82, 2.24) is 10.6 Å². The van der Waals surface area contributed by atoms with Crippen LogP contribution in [0.1, 0.15) is 0 Å². The van der Waals surface area contributed by atoms with E-state index in [0.29, 0.717) is 12.3 Å². The van der Waals surface area contributed by atoms with Crippen LogP contribution in [0, 0.1) is 5.82 Å². The predicted molar refractivity (Wildman–Crippen MR) is 93.6 cm³/mol. The zero-order chi connectivity index (χ0) is 20.7. The number of benzene rings is 1. The Hall–Kier alpha value is -2.86. The van der Waals surface area contributed by atoms with E-state index in [4.69, 9.17) is 10.5 Å². The fourth-order valence-corrected chi connectivity index (χ4v) is 2.39. The van der Waals surface area contributed by atoms with Gasteiger partial charge in [-0.25, -0.2) is 18.0 Å². The number of hydrogen-bond acceptors (Lipinski definition) is 5. The standard InChI is InChI=1S/C16H20F3N5O4/c17-10-5-9(24-3-4-28-8-14(24)25)1-2-11(10)22-15(26)12(6-20)23-16(27)21-7-13(18)19/h1-2,5,12-13H,3-4,6-8,20H2,(H,22,26)(H2,21,23,27)/t12-/m0/s1. The average molecular weight is 403 g/mol. The van der Waals surface area contributed by atoms with Crippen LogP contribution in [-0.4, -0.2) is 63.2 Å². The SMILES string of the molecule is NC[C@H](NC(=O)NCC(F)F)C(=O)Nc1ccc(N2CCOCC2=O)cc1F. The first-order valence-corrected chi connectivity index (χ1v) is 8.33. The van der Waals surface area contributed by atoms with E-state index in [-0.39, 0.29) is 31.3 Å². The van der Waals surface area contributed by atoms with Gasteiger partial charge in [-0.05, 0) is 18.2 Å². The molecule has 1 saturated heterocycles. The smallest absolute Gasteiger partial charge is 0.315 e. The first-order chi connectivity index (χ1) is 13.3. The van der Waals surface area contributed by atoms with Gasteiger partial charge in [-0.15, -0.1) is 0 Å². The highest BCUT2D eigenvalue weighted by atomic mass is 19.3. The Morgan fingerprint density at radius 2 is 2.07 bits per heavy atom. The molecule has 1 aromatic carbocycles. The van der Waals surface area contributed by atoms with Crippen LogP contribution >= 0.6 is 0 Å². The van der Waals surface area contributed by atoms with E-state index in [2.05, 4.69) is 10.6 Å². The second kappa shape index (κ2) is 9.90. The van der Waals surface area contributed by atoms with Crippen molar-refractivity contribution in [2.75, 3.05) is 43.1 Å². The van der Waals surface area contributed by atoms with Gasteiger partial charge < -0.3 is 31.3 Å². The number of nitrogens with two attached hydrogens (primary N) is 1. The molecule has 1 aliphatic rings. The molecular formula is C16H20F3N5O4. The maximum Gasteiger partial charge on any atom is 0.315 e. The summed E-state index contributed by atoms with van der Waals surface area (Å²) in [6.07, 6.45) is -2.75. The van der Waals surface area contributed by atoms with Crippen molar-refractivity contribution in [3.63, 3.8) is 0 Å². The predicted octanol–water partition coefficient (Wildman–Crippen LogP) is 0.0190. The molecule has 4 amide bonds. The number of carbonyl (C=O) groups excluding carboxylic acids is 3. The Kier molecular flexibility index (Phi) is 7.58. The van der Waals surface area contributed by atoms with Crippen molar-refractivity contribution in [3.05, 3.63) is 24.0 Å². The Labute approximate surface area is 158 Å². The minimum absolute atomic E-state index is 0.0996. The molecule has 1 heterocycles. The van der Waals surface area contributed by atoms with E-state index in [0.717, 1.165) is 6.07 Å². The van der Waals surface area contributed by atoms with Crippen LogP contribution in [0.15, 0.2) is 18.2 Å². The van der Waals surface area contributed by atoms with Crippen LogP contribution < -0.4 is 26.6 Å². The van der Waals surface area contributed by atoms with Crippen molar-refractivity contribution in [2.45, 2.75) is 12.5 Å². The second-order valence-electron chi connectivity index (χ2n) is 5.79. The lowest BCUT2D eigenvalue weighted by atomic mass is 10.2. The molecule has 0 radical (unpaired) electrons. The van der Waals surface area contributed by atoms with Crippen LogP contribution in [0.5, 0.6) is 0 Å². The fraction of sp³-hybridized carbons (Fsp3) is 0.438. The van der Waals surface area contributed by atoms with Gasteiger partial charge in [0.05, 0.1) is 18.8 Å². The van der Waals surface area contributed by atoms with Crippen LogP contribution in [-0.2, 0) is 14.3 Å². The van der Waals surface area contributed by atoms with E-state index in [1.807, 2.05) is 5.32 Å². The molecule has 12 heteroatoms. The van der Waals surface area contributed by atoms with Gasteiger partial charge in [0.1, 0.15) is 18.5 Å². The highest BCUT2D eigenvalue weighted by Gasteiger charge is 2.23. The maximum absolute atomic E-state index is 14.3. The van der Waals surface area contributed by atoms with E-state index in [1.54, 1.807) is 0 Å². The van der Waals surface area contributed by atoms with Crippen molar-refractivity contribution < 1.29 is 32.3 Å². The van der Waals surface area contributed by atoms with Gasteiger partial charge >= 0.3 is 6.03 Å². The number of carbonyl (C=O) groups is 3. The zero-order valence-corrected chi connectivity index (χ0v) is 14.7. The van der Waals surface area contributed by atoms with Gasteiger partial charge in [0.25, 0.3) is 12.3 Å². The summed E-state index contributed by atoms with van der Waals surface area (Å²) in [5.41, 5.74) is 5.52. The number of urea groups is 1. The van der Waals surface area contributed by atoms with E-state index in [9.17, 15) is 27.6 Å². The van der Waals surface area contributed by atoms with Gasteiger partial charge in [0.2, 0.25) is 5.91 Å². The largest absolute Gasteiger partial charge is 0.370 e. The Balaban J connectivity index is 2.00. The summed E-state index contributed by atoms with van der Waals surface area (Å²) in [4.78, 5) is 36.8. The first-order valence-electron chi connectivity index (χ1n) is 8.33. The number of anilines is 2. The molecule has 2 rings (SSSR count). The molecule has 0 spiro atoms. The molecule has 28 heavy (non-hydrogen) atoms. The number of ether oxygens (including phenoxy) is 1. The molecule has 1 aromatic rings. The van der Waals surface area contributed by atoms with Gasteiger partial charge in [0.15, 0.2) is 0 Å².